The molecule has 0 aromatic heterocycles. The first kappa shape index (κ1) is 14.6. The molecule has 0 heteroatoms. The van der Waals surface area contributed by atoms with E-state index in [1.54, 1.807) is 0 Å². The van der Waals surface area contributed by atoms with Crippen molar-refractivity contribution < 1.29 is 0 Å². The highest BCUT2D eigenvalue weighted by Gasteiger charge is 2.30. The van der Waals surface area contributed by atoms with Gasteiger partial charge in [-0.3, -0.25) is 0 Å². The van der Waals surface area contributed by atoms with E-state index in [1.165, 1.54) is 27.8 Å². The summed E-state index contributed by atoms with van der Waals surface area (Å²) in [5.74, 6) is 0. The SMILES string of the molecule is Cc1ccc(C(C)(c2ccccc2)c2ccccc2)cc1C. The maximum Gasteiger partial charge on any atom is 0.0423 e. The summed E-state index contributed by atoms with van der Waals surface area (Å²) in [5.41, 5.74) is 6.53. The van der Waals surface area contributed by atoms with Gasteiger partial charge in [0.1, 0.15) is 0 Å². The van der Waals surface area contributed by atoms with Crippen LogP contribution in [-0.2, 0) is 5.41 Å². The van der Waals surface area contributed by atoms with Crippen LogP contribution in [0.15, 0.2) is 78.9 Å². The first-order valence-electron chi connectivity index (χ1n) is 7.81. The first-order valence-corrected chi connectivity index (χ1v) is 7.81. The fourth-order valence-corrected chi connectivity index (χ4v) is 3.10. The summed E-state index contributed by atoms with van der Waals surface area (Å²) < 4.78 is 0. The van der Waals surface area contributed by atoms with E-state index in [-0.39, 0.29) is 5.41 Å². The monoisotopic (exact) mass is 286 g/mol. The van der Waals surface area contributed by atoms with Crippen molar-refractivity contribution >= 4 is 0 Å². The minimum Gasteiger partial charge on any atom is -0.0622 e. The Hall–Kier alpha value is -2.34. The van der Waals surface area contributed by atoms with E-state index in [0.717, 1.165) is 0 Å². The molecular formula is C22H22. The predicted molar refractivity (Wildman–Crippen MR) is 94.4 cm³/mol. The largest absolute Gasteiger partial charge is 0.0622 e. The molecule has 0 spiro atoms. The van der Waals surface area contributed by atoms with Crippen molar-refractivity contribution in [2.75, 3.05) is 0 Å². The molecule has 22 heavy (non-hydrogen) atoms. The van der Waals surface area contributed by atoms with Gasteiger partial charge in [0.2, 0.25) is 0 Å². The average molecular weight is 286 g/mol. The van der Waals surface area contributed by atoms with E-state index in [1.807, 2.05) is 0 Å². The summed E-state index contributed by atoms with van der Waals surface area (Å²) in [6.45, 7) is 6.68. The van der Waals surface area contributed by atoms with Gasteiger partial charge < -0.3 is 0 Å². The molecule has 3 aromatic carbocycles. The zero-order chi connectivity index (χ0) is 15.6. The molecule has 0 bridgehead atoms. The van der Waals surface area contributed by atoms with Crippen LogP contribution in [0.1, 0.15) is 34.7 Å². The molecule has 0 atom stereocenters. The molecule has 110 valence electrons. The maximum absolute atomic E-state index is 2.33. The van der Waals surface area contributed by atoms with Gasteiger partial charge in [0, 0.05) is 5.41 Å². The number of hydrogen-bond donors (Lipinski definition) is 0. The van der Waals surface area contributed by atoms with Crippen molar-refractivity contribution in [1.82, 2.24) is 0 Å². The van der Waals surface area contributed by atoms with Gasteiger partial charge in [-0.05, 0) is 48.6 Å². The van der Waals surface area contributed by atoms with E-state index < -0.39 is 0 Å². The Morgan fingerprint density at radius 2 is 1.05 bits per heavy atom. The Bertz CT molecular complexity index is 715. The Labute approximate surface area is 133 Å². The smallest absolute Gasteiger partial charge is 0.0423 e. The summed E-state index contributed by atoms with van der Waals surface area (Å²) in [5, 5.41) is 0. The Balaban J connectivity index is 2.26. The zero-order valence-corrected chi connectivity index (χ0v) is 13.5. The summed E-state index contributed by atoms with van der Waals surface area (Å²) in [4.78, 5) is 0. The standard InChI is InChI=1S/C22H22/c1-17-14-15-21(16-18(17)2)22(3,19-10-6-4-7-11-19)20-12-8-5-9-13-20/h4-16H,1-3H3. The number of aryl methyl sites for hydroxylation is 2. The lowest BCUT2D eigenvalue weighted by Crippen LogP contribution is -2.25. The molecule has 3 rings (SSSR count). The fraction of sp³-hybridized carbons (Fsp3) is 0.182. The highest BCUT2D eigenvalue weighted by atomic mass is 14.3. The highest BCUT2D eigenvalue weighted by Crippen LogP contribution is 2.39. The van der Waals surface area contributed by atoms with Crippen molar-refractivity contribution in [2.24, 2.45) is 0 Å². The van der Waals surface area contributed by atoms with Crippen molar-refractivity contribution in [3.05, 3.63) is 107 Å². The van der Waals surface area contributed by atoms with E-state index in [2.05, 4.69) is 99.6 Å². The molecule has 0 aliphatic rings. The molecule has 0 amide bonds. The topological polar surface area (TPSA) is 0 Å². The molecule has 0 aliphatic heterocycles. The summed E-state index contributed by atoms with van der Waals surface area (Å²) >= 11 is 0. The van der Waals surface area contributed by atoms with Crippen LogP contribution < -0.4 is 0 Å². The van der Waals surface area contributed by atoms with Gasteiger partial charge in [0.15, 0.2) is 0 Å². The fourth-order valence-electron chi connectivity index (χ4n) is 3.10. The predicted octanol–water partition coefficient (Wildman–Crippen LogP) is 5.66. The number of benzene rings is 3. The van der Waals surface area contributed by atoms with Gasteiger partial charge in [0.25, 0.3) is 0 Å². The molecule has 0 aliphatic carbocycles. The van der Waals surface area contributed by atoms with Gasteiger partial charge in [-0.2, -0.15) is 0 Å². The Morgan fingerprint density at radius 1 is 0.545 bits per heavy atom. The normalized spacial score (nSPS) is 11.4. The van der Waals surface area contributed by atoms with Gasteiger partial charge in [-0.25, -0.2) is 0 Å². The molecule has 0 unspecified atom stereocenters. The van der Waals surface area contributed by atoms with Crippen LogP contribution in [0.25, 0.3) is 0 Å². The molecule has 0 fully saturated rings. The van der Waals surface area contributed by atoms with Crippen molar-refractivity contribution in [2.45, 2.75) is 26.2 Å². The summed E-state index contributed by atoms with van der Waals surface area (Å²) in [6.07, 6.45) is 0. The van der Waals surface area contributed by atoms with E-state index in [4.69, 9.17) is 0 Å². The second kappa shape index (κ2) is 5.81. The molecule has 0 radical (unpaired) electrons. The van der Waals surface area contributed by atoms with Crippen LogP contribution in [0, 0.1) is 13.8 Å². The molecule has 0 N–H and O–H groups in total. The third-order valence-corrected chi connectivity index (χ3v) is 4.79. The van der Waals surface area contributed by atoms with Crippen molar-refractivity contribution in [3.63, 3.8) is 0 Å². The molecule has 0 heterocycles. The lowest BCUT2D eigenvalue weighted by Gasteiger charge is -2.32. The molecule has 0 saturated heterocycles. The quantitative estimate of drug-likeness (QED) is 0.545. The molecular weight excluding hydrogens is 264 g/mol. The van der Waals surface area contributed by atoms with Crippen LogP contribution >= 0.6 is 0 Å². The minimum absolute atomic E-state index is 0.138. The second-order valence-corrected chi connectivity index (χ2v) is 6.16. The average Bonchev–Trinajstić information content (AvgIpc) is 2.58. The van der Waals surface area contributed by atoms with E-state index in [0.29, 0.717) is 0 Å². The minimum atomic E-state index is -0.138. The Morgan fingerprint density at radius 3 is 1.50 bits per heavy atom. The lowest BCUT2D eigenvalue weighted by atomic mass is 9.70. The maximum atomic E-state index is 2.33. The molecule has 0 saturated carbocycles. The molecule has 3 aromatic rings. The van der Waals surface area contributed by atoms with Crippen LogP contribution in [-0.4, -0.2) is 0 Å². The number of rotatable bonds is 3. The van der Waals surface area contributed by atoms with Gasteiger partial charge in [0.05, 0.1) is 0 Å². The van der Waals surface area contributed by atoms with Crippen molar-refractivity contribution in [1.29, 1.82) is 0 Å². The van der Waals surface area contributed by atoms with Crippen molar-refractivity contribution in [3.8, 4) is 0 Å². The summed E-state index contributed by atoms with van der Waals surface area (Å²) in [7, 11) is 0. The number of hydrogen-bond acceptors (Lipinski definition) is 0. The second-order valence-electron chi connectivity index (χ2n) is 6.16. The third kappa shape index (κ3) is 2.46. The summed E-state index contributed by atoms with van der Waals surface area (Å²) in [6, 6.07) is 28.4. The molecule has 0 nitrogen and oxygen atoms in total. The van der Waals surface area contributed by atoms with E-state index in [9.17, 15) is 0 Å². The van der Waals surface area contributed by atoms with Crippen LogP contribution in [0.4, 0.5) is 0 Å². The zero-order valence-electron chi connectivity index (χ0n) is 13.5. The first-order chi connectivity index (χ1) is 10.6. The van der Waals surface area contributed by atoms with Gasteiger partial charge in [-0.15, -0.1) is 0 Å². The lowest BCUT2D eigenvalue weighted by molar-refractivity contribution is 0.691. The highest BCUT2D eigenvalue weighted by molar-refractivity contribution is 5.50. The third-order valence-electron chi connectivity index (χ3n) is 4.79. The van der Waals surface area contributed by atoms with Gasteiger partial charge >= 0.3 is 0 Å². The van der Waals surface area contributed by atoms with Gasteiger partial charge in [-0.1, -0.05) is 78.9 Å². The van der Waals surface area contributed by atoms with Crippen LogP contribution in [0.3, 0.4) is 0 Å². The van der Waals surface area contributed by atoms with Crippen LogP contribution in [0.5, 0.6) is 0 Å². The van der Waals surface area contributed by atoms with Crippen LogP contribution in [0.2, 0.25) is 0 Å². The van der Waals surface area contributed by atoms with E-state index >= 15 is 0 Å². The Kier molecular flexibility index (Phi) is 3.85.